The lowest BCUT2D eigenvalue weighted by Crippen LogP contribution is -2.35. The highest BCUT2D eigenvalue weighted by atomic mass is 35.5. The van der Waals surface area contributed by atoms with Crippen LogP contribution in [0.5, 0.6) is 0 Å². The van der Waals surface area contributed by atoms with Crippen molar-refractivity contribution in [3.8, 4) is 0 Å². The third-order valence-electron chi connectivity index (χ3n) is 5.02. The Morgan fingerprint density at radius 1 is 1.32 bits per heavy atom. The fraction of sp³-hybridized carbons (Fsp3) is 0.500. The summed E-state index contributed by atoms with van der Waals surface area (Å²) in [5.41, 5.74) is 2.23. The molecule has 0 bridgehead atoms. The highest BCUT2D eigenvalue weighted by Crippen LogP contribution is 2.21. The fourth-order valence-corrected chi connectivity index (χ4v) is 3.54. The second kappa shape index (κ2) is 8.15. The number of carbonyl (C=O) groups is 1. The van der Waals surface area contributed by atoms with E-state index in [1.54, 1.807) is 0 Å². The molecule has 0 spiro atoms. The van der Waals surface area contributed by atoms with Gasteiger partial charge in [0.2, 0.25) is 0 Å². The van der Waals surface area contributed by atoms with Crippen molar-refractivity contribution >= 4 is 28.4 Å². The lowest BCUT2D eigenvalue weighted by molar-refractivity contribution is 0.0949. The summed E-state index contributed by atoms with van der Waals surface area (Å²) in [5, 5.41) is 4.58. The smallest absolute Gasteiger partial charge is 0.253 e. The molecule has 1 aromatic carbocycles. The van der Waals surface area contributed by atoms with Crippen molar-refractivity contribution in [1.82, 2.24) is 15.2 Å². The zero-order valence-electron chi connectivity index (χ0n) is 15.0. The predicted octanol–water partition coefficient (Wildman–Crippen LogP) is 4.05. The molecule has 0 atom stereocenters. The number of hydrogen-bond donors (Lipinski definition) is 1. The van der Waals surface area contributed by atoms with Crippen LogP contribution in [-0.2, 0) is 0 Å². The fourth-order valence-electron chi connectivity index (χ4n) is 3.36. The molecule has 1 aromatic heterocycles. The minimum absolute atomic E-state index is 0.0564. The van der Waals surface area contributed by atoms with Gasteiger partial charge in [-0.25, -0.2) is 0 Å². The van der Waals surface area contributed by atoms with Crippen LogP contribution in [0.15, 0.2) is 24.3 Å². The molecule has 4 nitrogen and oxygen atoms in total. The molecule has 2 heterocycles. The molecule has 25 heavy (non-hydrogen) atoms. The number of rotatable bonds is 5. The number of hydrogen-bond acceptors (Lipinski definition) is 3. The molecule has 0 radical (unpaired) electrons. The van der Waals surface area contributed by atoms with Crippen LogP contribution in [-0.4, -0.2) is 42.0 Å². The minimum atomic E-state index is -0.0564. The van der Waals surface area contributed by atoms with Crippen molar-refractivity contribution in [2.75, 3.05) is 26.2 Å². The Morgan fingerprint density at radius 2 is 2.08 bits per heavy atom. The molecule has 1 N–H and O–H groups in total. The number of aromatic nitrogens is 1. The number of piperidine rings is 1. The zero-order valence-corrected chi connectivity index (χ0v) is 15.8. The Morgan fingerprint density at radius 3 is 2.84 bits per heavy atom. The van der Waals surface area contributed by atoms with Crippen molar-refractivity contribution in [3.63, 3.8) is 0 Å². The number of amides is 1. The summed E-state index contributed by atoms with van der Waals surface area (Å²) in [4.78, 5) is 19.5. The van der Waals surface area contributed by atoms with Crippen LogP contribution in [0.3, 0.4) is 0 Å². The van der Waals surface area contributed by atoms with E-state index in [1.807, 2.05) is 31.2 Å². The number of nitrogens with one attached hydrogen (secondary N) is 1. The first-order valence-corrected chi connectivity index (χ1v) is 9.48. The number of carbonyl (C=O) groups excluding carboxylic acids is 1. The molecule has 2 aromatic rings. The van der Waals surface area contributed by atoms with Gasteiger partial charge < -0.3 is 10.2 Å². The third kappa shape index (κ3) is 4.71. The van der Waals surface area contributed by atoms with E-state index >= 15 is 0 Å². The van der Waals surface area contributed by atoms with Crippen LogP contribution in [0.4, 0.5) is 0 Å². The van der Waals surface area contributed by atoms with Gasteiger partial charge in [-0.1, -0.05) is 18.5 Å². The maximum Gasteiger partial charge on any atom is 0.253 e. The van der Waals surface area contributed by atoms with Gasteiger partial charge in [0.1, 0.15) is 0 Å². The standard InChI is InChI=1S/C20H26ClN3O/c1-14-6-10-24(11-7-14)9-3-8-22-20(25)18-13-16-12-17(21)4-5-19(16)23-15(18)2/h4-5,12-14H,3,6-11H2,1-2H3,(H,22,25). The topological polar surface area (TPSA) is 45.2 Å². The Balaban J connectivity index is 1.54. The molecule has 5 heteroatoms. The van der Waals surface area contributed by atoms with E-state index in [4.69, 9.17) is 11.6 Å². The third-order valence-corrected chi connectivity index (χ3v) is 5.26. The van der Waals surface area contributed by atoms with Crippen LogP contribution < -0.4 is 5.32 Å². The van der Waals surface area contributed by atoms with Crippen LogP contribution in [0.2, 0.25) is 5.02 Å². The average molecular weight is 360 g/mol. The first-order valence-electron chi connectivity index (χ1n) is 9.10. The van der Waals surface area contributed by atoms with E-state index in [0.717, 1.165) is 35.5 Å². The summed E-state index contributed by atoms with van der Waals surface area (Å²) in [6, 6.07) is 7.42. The van der Waals surface area contributed by atoms with Crippen LogP contribution in [0.1, 0.15) is 42.2 Å². The van der Waals surface area contributed by atoms with Gasteiger partial charge in [-0.05, 0) is 76.0 Å². The van der Waals surface area contributed by atoms with Gasteiger partial charge in [-0.3, -0.25) is 9.78 Å². The van der Waals surface area contributed by atoms with Gasteiger partial charge in [0.15, 0.2) is 0 Å². The van der Waals surface area contributed by atoms with Crippen LogP contribution in [0, 0.1) is 12.8 Å². The van der Waals surface area contributed by atoms with Gasteiger partial charge in [0.05, 0.1) is 16.8 Å². The summed E-state index contributed by atoms with van der Waals surface area (Å²) >= 11 is 6.04. The number of pyridine rings is 1. The molecule has 0 unspecified atom stereocenters. The molecule has 1 amide bonds. The number of aryl methyl sites for hydroxylation is 1. The normalized spacial score (nSPS) is 16.3. The predicted molar refractivity (Wildman–Crippen MR) is 103 cm³/mol. The van der Waals surface area contributed by atoms with E-state index in [0.29, 0.717) is 17.1 Å². The number of fused-ring (bicyclic) bond motifs is 1. The second-order valence-corrected chi connectivity index (χ2v) is 7.53. The molecule has 134 valence electrons. The van der Waals surface area contributed by atoms with Gasteiger partial charge >= 0.3 is 0 Å². The first kappa shape index (κ1) is 18.2. The summed E-state index contributed by atoms with van der Waals surface area (Å²) in [5.74, 6) is 0.798. The van der Waals surface area contributed by atoms with Crippen molar-refractivity contribution in [3.05, 3.63) is 40.5 Å². The summed E-state index contributed by atoms with van der Waals surface area (Å²) in [6.45, 7) is 8.31. The Bertz CT molecular complexity index is 754. The average Bonchev–Trinajstić information content (AvgIpc) is 2.60. The van der Waals surface area contributed by atoms with E-state index in [9.17, 15) is 4.79 Å². The quantitative estimate of drug-likeness (QED) is 0.819. The van der Waals surface area contributed by atoms with Crippen molar-refractivity contribution in [1.29, 1.82) is 0 Å². The maximum atomic E-state index is 12.5. The molecule has 1 saturated heterocycles. The Labute approximate surface area is 154 Å². The Hall–Kier alpha value is -1.65. The van der Waals surface area contributed by atoms with E-state index in [-0.39, 0.29) is 5.91 Å². The molecule has 0 aliphatic carbocycles. The number of benzene rings is 1. The molecule has 3 rings (SSSR count). The summed E-state index contributed by atoms with van der Waals surface area (Å²) in [6.07, 6.45) is 3.56. The first-order chi connectivity index (χ1) is 12.0. The van der Waals surface area contributed by atoms with E-state index < -0.39 is 0 Å². The number of halogens is 1. The Kier molecular flexibility index (Phi) is 5.92. The molecule has 1 aliphatic heterocycles. The lowest BCUT2D eigenvalue weighted by atomic mass is 9.99. The highest BCUT2D eigenvalue weighted by molar-refractivity contribution is 6.31. The largest absolute Gasteiger partial charge is 0.352 e. The molecular formula is C20H26ClN3O. The SMILES string of the molecule is Cc1nc2ccc(Cl)cc2cc1C(=O)NCCCN1CCC(C)CC1. The van der Waals surface area contributed by atoms with E-state index in [1.165, 1.54) is 25.9 Å². The van der Waals surface area contributed by atoms with Crippen molar-refractivity contribution in [2.45, 2.75) is 33.1 Å². The van der Waals surface area contributed by atoms with E-state index in [2.05, 4.69) is 22.1 Å². The van der Waals surface area contributed by atoms with Gasteiger partial charge in [0, 0.05) is 17.0 Å². The lowest BCUT2D eigenvalue weighted by Gasteiger charge is -2.30. The number of nitrogens with zero attached hydrogens (tertiary/aromatic N) is 2. The maximum absolute atomic E-state index is 12.5. The van der Waals surface area contributed by atoms with Gasteiger partial charge in [-0.15, -0.1) is 0 Å². The monoisotopic (exact) mass is 359 g/mol. The minimum Gasteiger partial charge on any atom is -0.352 e. The second-order valence-electron chi connectivity index (χ2n) is 7.09. The molecule has 1 fully saturated rings. The molecule has 1 aliphatic rings. The van der Waals surface area contributed by atoms with Gasteiger partial charge in [-0.2, -0.15) is 0 Å². The zero-order chi connectivity index (χ0) is 17.8. The molecule has 0 saturated carbocycles. The number of likely N-dealkylation sites (tertiary alicyclic amines) is 1. The summed E-state index contributed by atoms with van der Waals surface area (Å²) < 4.78 is 0. The molecular weight excluding hydrogens is 334 g/mol. The van der Waals surface area contributed by atoms with Crippen molar-refractivity contribution < 1.29 is 4.79 Å². The summed E-state index contributed by atoms with van der Waals surface area (Å²) in [7, 11) is 0. The highest BCUT2D eigenvalue weighted by Gasteiger charge is 2.15. The van der Waals surface area contributed by atoms with Crippen LogP contribution in [0.25, 0.3) is 10.9 Å². The van der Waals surface area contributed by atoms with Gasteiger partial charge in [0.25, 0.3) is 5.91 Å². The van der Waals surface area contributed by atoms with Crippen LogP contribution >= 0.6 is 11.6 Å². The van der Waals surface area contributed by atoms with Crippen molar-refractivity contribution in [2.24, 2.45) is 5.92 Å².